The van der Waals surface area contributed by atoms with Crippen LogP contribution in [0.4, 0.5) is 10.8 Å². The average molecular weight is 347 g/mol. The number of likely N-dealkylation sites (N-methyl/N-ethyl adjacent to an activating group) is 1. The lowest BCUT2D eigenvalue weighted by atomic mass is 9.93. The van der Waals surface area contributed by atoms with Crippen LogP contribution >= 0.6 is 11.3 Å². The quantitative estimate of drug-likeness (QED) is 0.782. The van der Waals surface area contributed by atoms with E-state index in [0.717, 1.165) is 21.5 Å². The van der Waals surface area contributed by atoms with Gasteiger partial charge in [0, 0.05) is 25.7 Å². The first-order chi connectivity index (χ1) is 11.2. The highest BCUT2D eigenvalue weighted by molar-refractivity contribution is 7.20. The molecule has 0 spiro atoms. The number of imidazole rings is 1. The molecule has 3 rings (SSSR count). The van der Waals surface area contributed by atoms with Crippen molar-refractivity contribution in [1.29, 1.82) is 0 Å². The van der Waals surface area contributed by atoms with Crippen LogP contribution in [-0.4, -0.2) is 49.3 Å². The van der Waals surface area contributed by atoms with Crippen molar-refractivity contribution in [1.82, 2.24) is 29.3 Å². The molecular formula is C15H21N7OS. The van der Waals surface area contributed by atoms with Gasteiger partial charge in [-0.3, -0.25) is 9.48 Å². The second-order valence-electron chi connectivity index (χ2n) is 6.85. The van der Waals surface area contributed by atoms with E-state index in [1.165, 1.54) is 16.2 Å². The summed E-state index contributed by atoms with van der Waals surface area (Å²) in [6, 6.07) is 0. The first-order valence-corrected chi connectivity index (χ1v) is 8.40. The maximum absolute atomic E-state index is 11.7. The molecule has 3 aromatic rings. The van der Waals surface area contributed by atoms with Crippen LogP contribution in [0, 0.1) is 0 Å². The van der Waals surface area contributed by atoms with Crippen LogP contribution in [0.5, 0.6) is 0 Å². The number of hydrogen-bond donors (Lipinski definition) is 1. The van der Waals surface area contributed by atoms with Crippen molar-refractivity contribution in [2.24, 2.45) is 0 Å². The number of anilines is 2. The minimum absolute atomic E-state index is 0.00112. The van der Waals surface area contributed by atoms with Crippen LogP contribution in [-0.2, 0) is 16.8 Å². The predicted molar refractivity (Wildman–Crippen MR) is 93.8 cm³/mol. The third-order valence-electron chi connectivity index (χ3n) is 3.49. The van der Waals surface area contributed by atoms with Crippen LogP contribution in [0.2, 0.25) is 0 Å². The average Bonchev–Trinajstić information content (AvgIpc) is 3.12. The Morgan fingerprint density at radius 1 is 1.33 bits per heavy atom. The SMILES string of the molecule is CN(C)C(=O)Cn1cc(Nc2nn3cc(C(C)(C)C)nc3s2)cn1. The second kappa shape index (κ2) is 5.90. The summed E-state index contributed by atoms with van der Waals surface area (Å²) >= 11 is 1.47. The lowest BCUT2D eigenvalue weighted by Crippen LogP contribution is -2.26. The Bertz CT molecular complexity index is 837. The van der Waals surface area contributed by atoms with E-state index in [1.807, 2.05) is 6.20 Å². The zero-order chi connectivity index (χ0) is 17.5. The van der Waals surface area contributed by atoms with Crippen molar-refractivity contribution >= 4 is 33.0 Å². The Kier molecular flexibility index (Phi) is 4.04. The minimum atomic E-state index is -0.00734. The molecule has 0 aliphatic carbocycles. The van der Waals surface area contributed by atoms with Gasteiger partial charge in [-0.1, -0.05) is 32.1 Å². The van der Waals surface area contributed by atoms with Gasteiger partial charge < -0.3 is 10.2 Å². The summed E-state index contributed by atoms with van der Waals surface area (Å²) in [7, 11) is 3.45. The first-order valence-electron chi connectivity index (χ1n) is 7.59. The van der Waals surface area contributed by atoms with Gasteiger partial charge in [-0.25, -0.2) is 9.50 Å². The van der Waals surface area contributed by atoms with Gasteiger partial charge in [0.25, 0.3) is 0 Å². The van der Waals surface area contributed by atoms with Crippen LogP contribution in [0.3, 0.4) is 0 Å². The number of carbonyl (C=O) groups excluding carboxylic acids is 1. The molecule has 24 heavy (non-hydrogen) atoms. The van der Waals surface area contributed by atoms with Gasteiger partial charge in [0.05, 0.1) is 23.8 Å². The fourth-order valence-corrected chi connectivity index (χ4v) is 2.83. The monoisotopic (exact) mass is 347 g/mol. The lowest BCUT2D eigenvalue weighted by molar-refractivity contribution is -0.129. The molecule has 0 saturated carbocycles. The van der Waals surface area contributed by atoms with E-state index in [9.17, 15) is 4.79 Å². The Hall–Kier alpha value is -2.42. The number of nitrogens with zero attached hydrogens (tertiary/aromatic N) is 6. The molecule has 0 atom stereocenters. The van der Waals surface area contributed by atoms with Crippen molar-refractivity contribution in [3.8, 4) is 0 Å². The Labute approximate surface area is 144 Å². The molecule has 0 bridgehead atoms. The third-order valence-corrected chi connectivity index (χ3v) is 4.33. The van der Waals surface area contributed by atoms with E-state index in [0.29, 0.717) is 0 Å². The summed E-state index contributed by atoms with van der Waals surface area (Å²) in [6.07, 6.45) is 5.41. The van der Waals surface area contributed by atoms with E-state index < -0.39 is 0 Å². The molecular weight excluding hydrogens is 326 g/mol. The van der Waals surface area contributed by atoms with E-state index in [4.69, 9.17) is 0 Å². The van der Waals surface area contributed by atoms with Crippen LogP contribution < -0.4 is 5.32 Å². The van der Waals surface area contributed by atoms with Gasteiger partial charge in [0.1, 0.15) is 6.54 Å². The zero-order valence-electron chi connectivity index (χ0n) is 14.4. The highest BCUT2D eigenvalue weighted by Crippen LogP contribution is 2.27. The molecule has 3 heterocycles. The van der Waals surface area contributed by atoms with E-state index in [2.05, 4.69) is 41.3 Å². The molecule has 9 heteroatoms. The number of hydrogen-bond acceptors (Lipinski definition) is 6. The van der Waals surface area contributed by atoms with Crippen molar-refractivity contribution in [2.75, 3.05) is 19.4 Å². The Morgan fingerprint density at radius 3 is 2.71 bits per heavy atom. The third kappa shape index (κ3) is 3.40. The summed E-state index contributed by atoms with van der Waals surface area (Å²) in [4.78, 5) is 18.7. The molecule has 0 fully saturated rings. The topological polar surface area (TPSA) is 80.4 Å². The molecule has 1 N–H and O–H groups in total. The first kappa shape index (κ1) is 16.4. The standard InChI is InChI=1S/C15H21N7OS/c1-15(2,3)11-8-22-14(18-11)24-13(19-22)17-10-6-16-21(7-10)9-12(23)20(4)5/h6-8H,9H2,1-5H3,(H,17,19). The predicted octanol–water partition coefficient (Wildman–Crippen LogP) is 2.12. The highest BCUT2D eigenvalue weighted by atomic mass is 32.1. The Morgan fingerprint density at radius 2 is 2.08 bits per heavy atom. The van der Waals surface area contributed by atoms with Gasteiger partial charge in [-0.2, -0.15) is 5.10 Å². The summed E-state index contributed by atoms with van der Waals surface area (Å²) in [5.74, 6) is -0.00734. The largest absolute Gasteiger partial charge is 0.347 e. The van der Waals surface area contributed by atoms with Gasteiger partial charge in [0.15, 0.2) is 0 Å². The molecule has 0 saturated heterocycles. The fraction of sp³-hybridized carbons (Fsp3) is 0.467. The summed E-state index contributed by atoms with van der Waals surface area (Å²) in [6.45, 7) is 6.59. The van der Waals surface area contributed by atoms with Crippen LogP contribution in [0.1, 0.15) is 26.5 Å². The van der Waals surface area contributed by atoms with Gasteiger partial charge in [-0.05, 0) is 0 Å². The number of aromatic nitrogens is 5. The van der Waals surface area contributed by atoms with Crippen LogP contribution in [0.15, 0.2) is 18.6 Å². The summed E-state index contributed by atoms with van der Waals surface area (Å²) in [5, 5.41) is 12.6. The molecule has 1 amide bonds. The smallest absolute Gasteiger partial charge is 0.243 e. The second-order valence-corrected chi connectivity index (χ2v) is 7.81. The van der Waals surface area contributed by atoms with E-state index in [1.54, 1.807) is 35.7 Å². The van der Waals surface area contributed by atoms with E-state index in [-0.39, 0.29) is 17.9 Å². The number of nitrogens with one attached hydrogen (secondary N) is 1. The lowest BCUT2D eigenvalue weighted by Gasteiger charge is -2.13. The molecule has 128 valence electrons. The van der Waals surface area contributed by atoms with Crippen LogP contribution in [0.25, 0.3) is 4.96 Å². The molecule has 0 unspecified atom stereocenters. The van der Waals surface area contributed by atoms with Crippen molar-refractivity contribution in [2.45, 2.75) is 32.7 Å². The van der Waals surface area contributed by atoms with Crippen molar-refractivity contribution in [3.05, 3.63) is 24.3 Å². The van der Waals surface area contributed by atoms with Gasteiger partial charge in [-0.15, -0.1) is 5.10 Å². The number of rotatable bonds is 4. The maximum Gasteiger partial charge on any atom is 0.243 e. The van der Waals surface area contributed by atoms with Crippen molar-refractivity contribution in [3.63, 3.8) is 0 Å². The molecule has 8 nitrogen and oxygen atoms in total. The number of fused-ring (bicyclic) bond motifs is 1. The fourth-order valence-electron chi connectivity index (χ4n) is 2.03. The molecule has 0 aliphatic rings. The maximum atomic E-state index is 11.7. The number of carbonyl (C=O) groups is 1. The molecule has 0 aromatic carbocycles. The van der Waals surface area contributed by atoms with Gasteiger partial charge in [0.2, 0.25) is 16.0 Å². The zero-order valence-corrected chi connectivity index (χ0v) is 15.3. The number of amides is 1. The highest BCUT2D eigenvalue weighted by Gasteiger charge is 2.19. The van der Waals surface area contributed by atoms with Crippen molar-refractivity contribution < 1.29 is 4.79 Å². The van der Waals surface area contributed by atoms with E-state index >= 15 is 0 Å². The molecule has 0 radical (unpaired) electrons. The normalized spacial score (nSPS) is 11.9. The summed E-state index contributed by atoms with van der Waals surface area (Å²) < 4.78 is 3.38. The molecule has 3 aromatic heterocycles. The Balaban J connectivity index is 1.72. The van der Waals surface area contributed by atoms with Gasteiger partial charge >= 0.3 is 0 Å². The molecule has 0 aliphatic heterocycles. The minimum Gasteiger partial charge on any atom is -0.347 e. The summed E-state index contributed by atoms with van der Waals surface area (Å²) in [5.41, 5.74) is 1.80.